The van der Waals surface area contributed by atoms with Gasteiger partial charge >= 0.3 is 0 Å². The number of nitrogens with zero attached hydrogens (tertiary/aromatic N) is 3. The molecule has 0 bridgehead atoms. The lowest BCUT2D eigenvalue weighted by Crippen LogP contribution is -2.53. The number of carbonyl (C=O) groups is 1. The van der Waals surface area contributed by atoms with Crippen LogP contribution in [0.25, 0.3) is 0 Å². The predicted molar refractivity (Wildman–Crippen MR) is 103 cm³/mol. The van der Waals surface area contributed by atoms with Gasteiger partial charge in [-0.05, 0) is 56.8 Å². The van der Waals surface area contributed by atoms with E-state index in [4.69, 9.17) is 0 Å². The topological polar surface area (TPSA) is 26.8 Å². The Morgan fingerprint density at radius 3 is 2.48 bits per heavy atom. The van der Waals surface area contributed by atoms with Gasteiger partial charge in [0.25, 0.3) is 0 Å². The van der Waals surface area contributed by atoms with Crippen molar-refractivity contribution in [3.05, 3.63) is 35.9 Å². The number of benzene rings is 1. The van der Waals surface area contributed by atoms with E-state index in [-0.39, 0.29) is 5.91 Å². The van der Waals surface area contributed by atoms with E-state index in [0.717, 1.165) is 32.5 Å². The molecule has 25 heavy (non-hydrogen) atoms. The van der Waals surface area contributed by atoms with E-state index in [9.17, 15) is 4.79 Å². The molecule has 4 nitrogen and oxygen atoms in total. The van der Waals surface area contributed by atoms with Gasteiger partial charge in [0, 0.05) is 26.2 Å². The third-order valence-corrected chi connectivity index (χ3v) is 6.06. The van der Waals surface area contributed by atoms with Crippen molar-refractivity contribution in [1.82, 2.24) is 14.7 Å². The van der Waals surface area contributed by atoms with Gasteiger partial charge in [0.15, 0.2) is 0 Å². The molecular weight excluding hydrogens is 310 g/mol. The summed E-state index contributed by atoms with van der Waals surface area (Å²) in [6, 6.07) is 11.0. The highest BCUT2D eigenvalue weighted by atomic mass is 16.2. The SMILES string of the molecule is CCN1CC(c2ccccc2)CC2(CCN(C(=O)CN(C)C)CC2)C1. The molecule has 2 aliphatic heterocycles. The van der Waals surface area contributed by atoms with E-state index in [2.05, 4.69) is 47.1 Å². The lowest BCUT2D eigenvalue weighted by molar-refractivity contribution is -0.135. The van der Waals surface area contributed by atoms with Gasteiger partial charge in [0.2, 0.25) is 5.91 Å². The molecule has 1 unspecified atom stereocenters. The van der Waals surface area contributed by atoms with Gasteiger partial charge in [-0.1, -0.05) is 37.3 Å². The molecule has 1 amide bonds. The smallest absolute Gasteiger partial charge is 0.236 e. The summed E-state index contributed by atoms with van der Waals surface area (Å²) in [5.41, 5.74) is 1.86. The Morgan fingerprint density at radius 2 is 1.88 bits per heavy atom. The van der Waals surface area contributed by atoms with E-state index in [0.29, 0.717) is 17.9 Å². The van der Waals surface area contributed by atoms with Crippen molar-refractivity contribution in [3.63, 3.8) is 0 Å². The first-order chi connectivity index (χ1) is 12.0. The Bertz CT molecular complexity index is 564. The number of amides is 1. The van der Waals surface area contributed by atoms with Gasteiger partial charge in [0.05, 0.1) is 6.54 Å². The lowest BCUT2D eigenvalue weighted by Gasteiger charge is -2.50. The zero-order valence-corrected chi connectivity index (χ0v) is 16.1. The van der Waals surface area contributed by atoms with Crippen LogP contribution in [0.15, 0.2) is 30.3 Å². The second kappa shape index (κ2) is 7.88. The molecule has 1 aromatic carbocycles. The average Bonchev–Trinajstić information content (AvgIpc) is 2.62. The number of likely N-dealkylation sites (tertiary alicyclic amines) is 2. The third kappa shape index (κ3) is 4.42. The van der Waals surface area contributed by atoms with Crippen molar-refractivity contribution in [2.45, 2.75) is 32.1 Å². The third-order valence-electron chi connectivity index (χ3n) is 6.06. The Kier molecular flexibility index (Phi) is 5.80. The van der Waals surface area contributed by atoms with Crippen LogP contribution in [-0.2, 0) is 4.79 Å². The maximum atomic E-state index is 12.4. The summed E-state index contributed by atoms with van der Waals surface area (Å²) in [7, 11) is 3.93. The van der Waals surface area contributed by atoms with Crippen LogP contribution in [0.4, 0.5) is 0 Å². The van der Waals surface area contributed by atoms with Crippen molar-refractivity contribution in [2.75, 3.05) is 53.4 Å². The molecule has 3 rings (SSSR count). The summed E-state index contributed by atoms with van der Waals surface area (Å²) in [5.74, 6) is 0.904. The Hall–Kier alpha value is -1.39. The molecule has 0 saturated carbocycles. The average molecular weight is 344 g/mol. The number of hydrogen-bond acceptors (Lipinski definition) is 3. The van der Waals surface area contributed by atoms with Crippen molar-refractivity contribution in [2.24, 2.45) is 5.41 Å². The van der Waals surface area contributed by atoms with Crippen molar-refractivity contribution < 1.29 is 4.79 Å². The highest BCUT2D eigenvalue weighted by Crippen LogP contribution is 2.45. The maximum absolute atomic E-state index is 12.4. The molecule has 2 fully saturated rings. The molecule has 4 heteroatoms. The molecule has 1 aromatic rings. The van der Waals surface area contributed by atoms with E-state index < -0.39 is 0 Å². The van der Waals surface area contributed by atoms with Gasteiger partial charge in [-0.15, -0.1) is 0 Å². The van der Waals surface area contributed by atoms with E-state index in [1.165, 1.54) is 25.1 Å². The van der Waals surface area contributed by atoms with Crippen LogP contribution in [0.2, 0.25) is 0 Å². The van der Waals surface area contributed by atoms with Crippen LogP contribution in [0.3, 0.4) is 0 Å². The number of rotatable bonds is 4. The Labute approximate surface area is 152 Å². The maximum Gasteiger partial charge on any atom is 0.236 e. The fourth-order valence-electron chi connectivity index (χ4n) is 4.65. The zero-order chi connectivity index (χ0) is 17.9. The summed E-state index contributed by atoms with van der Waals surface area (Å²) in [6.07, 6.45) is 3.56. The van der Waals surface area contributed by atoms with Crippen LogP contribution in [0.1, 0.15) is 37.7 Å². The number of carbonyl (C=O) groups excluding carboxylic acids is 1. The highest BCUT2D eigenvalue weighted by Gasteiger charge is 2.42. The van der Waals surface area contributed by atoms with E-state index >= 15 is 0 Å². The molecule has 2 saturated heterocycles. The summed E-state index contributed by atoms with van der Waals surface area (Å²) in [4.78, 5) is 19.0. The second-order valence-corrected chi connectivity index (χ2v) is 8.26. The van der Waals surface area contributed by atoms with Crippen LogP contribution in [-0.4, -0.2) is 74.0 Å². The first-order valence-electron chi connectivity index (χ1n) is 9.71. The molecule has 0 aliphatic carbocycles. The number of piperidine rings is 2. The minimum Gasteiger partial charge on any atom is -0.342 e. The van der Waals surface area contributed by atoms with E-state index in [1.54, 1.807) is 0 Å². The molecule has 0 aromatic heterocycles. The summed E-state index contributed by atoms with van der Waals surface area (Å²) in [5, 5.41) is 0. The molecule has 2 aliphatic rings. The number of likely N-dealkylation sites (N-methyl/N-ethyl adjacent to an activating group) is 2. The molecule has 138 valence electrons. The zero-order valence-electron chi connectivity index (χ0n) is 16.1. The first kappa shape index (κ1) is 18.4. The minimum atomic E-state index is 0.280. The second-order valence-electron chi connectivity index (χ2n) is 8.26. The first-order valence-corrected chi connectivity index (χ1v) is 9.71. The van der Waals surface area contributed by atoms with Gasteiger partial charge in [-0.25, -0.2) is 0 Å². The van der Waals surface area contributed by atoms with Crippen LogP contribution < -0.4 is 0 Å². The fourth-order valence-corrected chi connectivity index (χ4v) is 4.65. The lowest BCUT2D eigenvalue weighted by atomic mass is 9.68. The molecule has 0 radical (unpaired) electrons. The van der Waals surface area contributed by atoms with Gasteiger partial charge in [0.1, 0.15) is 0 Å². The Balaban J connectivity index is 1.68. The van der Waals surface area contributed by atoms with Gasteiger partial charge in [-0.3, -0.25) is 4.79 Å². The molecule has 1 spiro atoms. The summed E-state index contributed by atoms with van der Waals surface area (Å²) in [6.45, 7) is 8.14. The fraction of sp³-hybridized carbons (Fsp3) is 0.667. The highest BCUT2D eigenvalue weighted by molar-refractivity contribution is 5.78. The quantitative estimate of drug-likeness (QED) is 0.841. The van der Waals surface area contributed by atoms with E-state index in [1.807, 2.05) is 19.0 Å². The minimum absolute atomic E-state index is 0.280. The van der Waals surface area contributed by atoms with Crippen molar-refractivity contribution in [3.8, 4) is 0 Å². The number of hydrogen-bond donors (Lipinski definition) is 0. The van der Waals surface area contributed by atoms with Gasteiger partial charge < -0.3 is 14.7 Å². The molecule has 0 N–H and O–H groups in total. The van der Waals surface area contributed by atoms with Crippen LogP contribution in [0.5, 0.6) is 0 Å². The van der Waals surface area contributed by atoms with Crippen LogP contribution in [0, 0.1) is 5.41 Å². The standard InChI is InChI=1S/C21H33N3O/c1-4-23-15-19(18-8-6-5-7-9-18)14-21(17-23)10-12-24(13-11-21)20(25)16-22(2)3/h5-9,19H,4,10-17H2,1-3H3. The summed E-state index contributed by atoms with van der Waals surface area (Å²) >= 11 is 0. The molecule has 2 heterocycles. The Morgan fingerprint density at radius 1 is 1.20 bits per heavy atom. The predicted octanol–water partition coefficient (Wildman–Crippen LogP) is 2.67. The summed E-state index contributed by atoms with van der Waals surface area (Å²) < 4.78 is 0. The normalized spacial score (nSPS) is 24.0. The largest absolute Gasteiger partial charge is 0.342 e. The molecular formula is C21H33N3O. The van der Waals surface area contributed by atoms with Crippen molar-refractivity contribution >= 4 is 5.91 Å². The van der Waals surface area contributed by atoms with Crippen LogP contribution >= 0.6 is 0 Å². The monoisotopic (exact) mass is 343 g/mol. The molecule has 1 atom stereocenters. The van der Waals surface area contributed by atoms with Crippen molar-refractivity contribution in [1.29, 1.82) is 0 Å². The van der Waals surface area contributed by atoms with Gasteiger partial charge in [-0.2, -0.15) is 0 Å².